The number of anilines is 3. The van der Waals surface area contributed by atoms with E-state index >= 15 is 0 Å². The highest BCUT2D eigenvalue weighted by Gasteiger charge is 2.27. The van der Waals surface area contributed by atoms with Crippen LogP contribution in [0.5, 0.6) is 0 Å². The lowest BCUT2D eigenvalue weighted by atomic mass is 9.98. The van der Waals surface area contributed by atoms with E-state index in [1.807, 2.05) is 36.4 Å². The van der Waals surface area contributed by atoms with Crippen LogP contribution < -0.4 is 20.9 Å². The van der Waals surface area contributed by atoms with Gasteiger partial charge in [-0.05, 0) is 66.8 Å². The Morgan fingerprint density at radius 3 is 2.39 bits per heavy atom. The van der Waals surface area contributed by atoms with Gasteiger partial charge in [0.25, 0.3) is 5.91 Å². The first-order valence-corrected chi connectivity index (χ1v) is 11.9. The third-order valence-electron chi connectivity index (χ3n) is 5.97. The molecule has 5 rings (SSSR count). The maximum absolute atomic E-state index is 13.1. The molecule has 6 nitrogen and oxygen atoms in total. The predicted molar refractivity (Wildman–Crippen MR) is 135 cm³/mol. The molecule has 0 aromatic heterocycles. The Kier molecular flexibility index (Phi) is 6.05. The van der Waals surface area contributed by atoms with Crippen LogP contribution in [0.15, 0.2) is 71.2 Å². The van der Waals surface area contributed by atoms with Gasteiger partial charge in [0, 0.05) is 40.7 Å². The Morgan fingerprint density at radius 2 is 1.64 bits per heavy atom. The smallest absolute Gasteiger partial charge is 0.323 e. The molecule has 1 heterocycles. The molecule has 1 saturated carbocycles. The summed E-state index contributed by atoms with van der Waals surface area (Å²) in [4.78, 5) is 27.9. The van der Waals surface area contributed by atoms with Crippen molar-refractivity contribution in [3.05, 3.63) is 87.9 Å². The molecule has 3 amide bonds. The van der Waals surface area contributed by atoms with Gasteiger partial charge in [-0.2, -0.15) is 0 Å². The summed E-state index contributed by atoms with van der Waals surface area (Å²) in [6.45, 7) is 1.60. The molecule has 0 saturated heterocycles. The van der Waals surface area contributed by atoms with Crippen LogP contribution in [0, 0.1) is 0 Å². The SMILES string of the molecule is O=C(Nc1cccc(Br)c1)Nc1ccc(N2CCc3ccccc3C2)c(C(=O)NC2CC2)c1. The third-order valence-corrected chi connectivity index (χ3v) is 6.46. The molecule has 33 heavy (non-hydrogen) atoms. The van der Waals surface area contributed by atoms with Crippen LogP contribution in [0.1, 0.15) is 34.3 Å². The van der Waals surface area contributed by atoms with Crippen LogP contribution in [0.25, 0.3) is 0 Å². The molecule has 0 radical (unpaired) electrons. The van der Waals surface area contributed by atoms with Gasteiger partial charge in [0.1, 0.15) is 0 Å². The third kappa shape index (κ3) is 5.20. The number of urea groups is 1. The molecule has 1 fully saturated rings. The Hall–Kier alpha value is -3.32. The lowest BCUT2D eigenvalue weighted by Crippen LogP contribution is -2.33. The summed E-state index contributed by atoms with van der Waals surface area (Å²) in [5.74, 6) is -0.0950. The second-order valence-corrected chi connectivity index (χ2v) is 9.43. The second-order valence-electron chi connectivity index (χ2n) is 8.51. The molecule has 0 bridgehead atoms. The Balaban J connectivity index is 1.37. The van der Waals surface area contributed by atoms with E-state index in [1.54, 1.807) is 6.07 Å². The van der Waals surface area contributed by atoms with Gasteiger partial charge in [-0.15, -0.1) is 0 Å². The topological polar surface area (TPSA) is 73.5 Å². The first-order valence-electron chi connectivity index (χ1n) is 11.2. The molecular weight excluding hydrogens is 480 g/mol. The van der Waals surface area contributed by atoms with Crippen molar-refractivity contribution in [3.8, 4) is 0 Å². The first kappa shape index (κ1) is 21.5. The van der Waals surface area contributed by atoms with Crippen LogP contribution in [-0.4, -0.2) is 24.5 Å². The Labute approximate surface area is 201 Å². The Bertz CT molecular complexity index is 1210. The number of nitrogens with zero attached hydrogens (tertiary/aromatic N) is 1. The average molecular weight is 505 g/mol. The lowest BCUT2D eigenvalue weighted by molar-refractivity contribution is 0.0951. The number of nitrogens with one attached hydrogen (secondary N) is 3. The van der Waals surface area contributed by atoms with Crippen LogP contribution in [0.2, 0.25) is 0 Å². The summed E-state index contributed by atoms with van der Waals surface area (Å²) in [5.41, 5.74) is 5.37. The molecular formula is C26H25BrN4O2. The number of benzene rings is 3. The van der Waals surface area contributed by atoms with Crippen molar-refractivity contribution in [1.82, 2.24) is 5.32 Å². The number of amides is 3. The van der Waals surface area contributed by atoms with Crippen LogP contribution in [0.3, 0.4) is 0 Å². The highest BCUT2D eigenvalue weighted by atomic mass is 79.9. The van der Waals surface area contributed by atoms with Crippen LogP contribution >= 0.6 is 15.9 Å². The van der Waals surface area contributed by atoms with Gasteiger partial charge < -0.3 is 20.9 Å². The maximum atomic E-state index is 13.1. The van der Waals surface area contributed by atoms with Gasteiger partial charge in [-0.1, -0.05) is 46.3 Å². The number of hydrogen-bond donors (Lipinski definition) is 3. The molecule has 0 spiro atoms. The van der Waals surface area contributed by atoms with E-state index in [9.17, 15) is 9.59 Å². The second kappa shape index (κ2) is 9.27. The summed E-state index contributed by atoms with van der Waals surface area (Å²) < 4.78 is 0.881. The summed E-state index contributed by atoms with van der Waals surface area (Å²) in [5, 5.41) is 8.77. The lowest BCUT2D eigenvalue weighted by Gasteiger charge is -2.32. The number of carbonyl (C=O) groups is 2. The molecule has 1 aliphatic carbocycles. The summed E-state index contributed by atoms with van der Waals surface area (Å²) in [6, 6.07) is 21.3. The highest BCUT2D eigenvalue weighted by molar-refractivity contribution is 9.10. The van der Waals surface area contributed by atoms with Crippen molar-refractivity contribution in [3.63, 3.8) is 0 Å². The monoisotopic (exact) mass is 504 g/mol. The molecule has 3 aromatic carbocycles. The van der Waals surface area contributed by atoms with Gasteiger partial charge in [-0.25, -0.2) is 4.79 Å². The molecule has 0 atom stereocenters. The average Bonchev–Trinajstić information content (AvgIpc) is 3.62. The van der Waals surface area contributed by atoms with Gasteiger partial charge in [-0.3, -0.25) is 4.79 Å². The molecule has 168 valence electrons. The Morgan fingerprint density at radius 1 is 0.879 bits per heavy atom. The van der Waals surface area contributed by atoms with Crippen molar-refractivity contribution < 1.29 is 9.59 Å². The van der Waals surface area contributed by atoms with Crippen molar-refractivity contribution in [1.29, 1.82) is 0 Å². The van der Waals surface area contributed by atoms with E-state index in [-0.39, 0.29) is 18.0 Å². The van der Waals surface area contributed by atoms with Crippen molar-refractivity contribution in [2.45, 2.75) is 31.8 Å². The van der Waals surface area contributed by atoms with Gasteiger partial charge in [0.05, 0.1) is 5.56 Å². The van der Waals surface area contributed by atoms with Crippen molar-refractivity contribution in [2.75, 3.05) is 22.1 Å². The van der Waals surface area contributed by atoms with Gasteiger partial charge in [0.15, 0.2) is 0 Å². The zero-order valence-electron chi connectivity index (χ0n) is 18.1. The standard InChI is InChI=1S/C26H25BrN4O2/c27-19-6-3-7-21(14-19)29-26(33)30-22-10-11-24(23(15-22)25(32)28-20-8-9-20)31-13-12-17-4-1-2-5-18(17)16-31/h1-7,10-11,14-15,20H,8-9,12-13,16H2,(H,28,32)(H2,29,30,33). The number of rotatable bonds is 5. The largest absolute Gasteiger partial charge is 0.366 e. The van der Waals surface area contributed by atoms with Crippen molar-refractivity contribution >= 4 is 44.9 Å². The molecule has 2 aliphatic rings. The number of hydrogen-bond acceptors (Lipinski definition) is 3. The summed E-state index contributed by atoms with van der Waals surface area (Å²) in [7, 11) is 0. The van der Waals surface area contributed by atoms with Gasteiger partial charge in [0.2, 0.25) is 0 Å². The maximum Gasteiger partial charge on any atom is 0.323 e. The van der Waals surface area contributed by atoms with E-state index in [1.165, 1.54) is 11.1 Å². The molecule has 3 N–H and O–H groups in total. The summed E-state index contributed by atoms with van der Waals surface area (Å²) in [6.07, 6.45) is 2.98. The quantitative estimate of drug-likeness (QED) is 0.426. The van der Waals surface area contributed by atoms with Crippen LogP contribution in [-0.2, 0) is 13.0 Å². The van der Waals surface area contributed by atoms with E-state index in [4.69, 9.17) is 0 Å². The highest BCUT2D eigenvalue weighted by Crippen LogP contribution is 2.30. The van der Waals surface area contributed by atoms with Crippen molar-refractivity contribution in [2.24, 2.45) is 0 Å². The fourth-order valence-electron chi connectivity index (χ4n) is 4.12. The van der Waals surface area contributed by atoms with Crippen LogP contribution in [0.4, 0.5) is 21.9 Å². The van der Waals surface area contributed by atoms with Gasteiger partial charge >= 0.3 is 6.03 Å². The number of fused-ring (bicyclic) bond motifs is 1. The molecule has 1 aliphatic heterocycles. The van der Waals surface area contributed by atoms with E-state index in [0.29, 0.717) is 16.9 Å². The van der Waals surface area contributed by atoms with E-state index in [2.05, 4.69) is 61.0 Å². The normalized spacial score (nSPS) is 14.9. The summed E-state index contributed by atoms with van der Waals surface area (Å²) >= 11 is 3.40. The minimum Gasteiger partial charge on any atom is -0.366 e. The predicted octanol–water partition coefficient (Wildman–Crippen LogP) is 5.55. The molecule has 7 heteroatoms. The number of halogens is 1. The zero-order chi connectivity index (χ0) is 22.8. The first-order chi connectivity index (χ1) is 16.0. The molecule has 3 aromatic rings. The fourth-order valence-corrected chi connectivity index (χ4v) is 4.52. The van der Waals surface area contributed by atoms with E-state index in [0.717, 1.165) is 42.5 Å². The minimum atomic E-state index is -0.360. The van der Waals surface area contributed by atoms with E-state index < -0.39 is 0 Å². The zero-order valence-corrected chi connectivity index (χ0v) is 19.7. The number of carbonyl (C=O) groups excluding carboxylic acids is 2. The fraction of sp³-hybridized carbons (Fsp3) is 0.231. The molecule has 0 unspecified atom stereocenters. The minimum absolute atomic E-state index is 0.0950.